The molecule has 1 aromatic carbocycles. The third-order valence-corrected chi connectivity index (χ3v) is 6.06. The molecule has 0 aliphatic heterocycles. The number of carbonyl (C=O) groups excluding carboxylic acids is 1. The predicted octanol–water partition coefficient (Wildman–Crippen LogP) is 5.10. The Kier molecular flexibility index (Phi) is 6.28. The van der Waals surface area contributed by atoms with Gasteiger partial charge in [-0.1, -0.05) is 29.8 Å². The van der Waals surface area contributed by atoms with Gasteiger partial charge in [0.1, 0.15) is 5.82 Å². The van der Waals surface area contributed by atoms with Crippen molar-refractivity contribution in [3.8, 4) is 0 Å². The summed E-state index contributed by atoms with van der Waals surface area (Å²) in [5, 5.41) is 13.5. The SMILES string of the molecule is Cc1nc2c(cnn2C(C)C)c(C)c1CCC(=O)Nc1ccnn1Cc1ccccc1Cl. The Hall–Kier alpha value is -3.19. The number of benzene rings is 1. The van der Waals surface area contributed by atoms with Crippen LogP contribution >= 0.6 is 11.6 Å². The van der Waals surface area contributed by atoms with E-state index in [4.69, 9.17) is 16.6 Å². The van der Waals surface area contributed by atoms with Gasteiger partial charge in [-0.25, -0.2) is 14.3 Å². The minimum absolute atomic E-state index is 0.0670. The van der Waals surface area contributed by atoms with E-state index in [2.05, 4.69) is 36.3 Å². The quantitative estimate of drug-likeness (QED) is 0.425. The molecule has 32 heavy (non-hydrogen) atoms. The maximum absolute atomic E-state index is 12.7. The molecule has 0 aliphatic carbocycles. The number of amides is 1. The highest BCUT2D eigenvalue weighted by Gasteiger charge is 2.16. The number of rotatable bonds is 7. The molecule has 0 bridgehead atoms. The van der Waals surface area contributed by atoms with Gasteiger partial charge in [-0.15, -0.1) is 0 Å². The Balaban J connectivity index is 1.46. The summed E-state index contributed by atoms with van der Waals surface area (Å²) in [5.41, 5.74) is 5.01. The second-order valence-electron chi connectivity index (χ2n) is 8.23. The lowest BCUT2D eigenvalue weighted by Gasteiger charge is -2.13. The summed E-state index contributed by atoms with van der Waals surface area (Å²) in [5.74, 6) is 0.581. The summed E-state index contributed by atoms with van der Waals surface area (Å²) >= 11 is 6.27. The van der Waals surface area contributed by atoms with E-state index in [1.165, 1.54) is 0 Å². The van der Waals surface area contributed by atoms with E-state index in [9.17, 15) is 4.79 Å². The molecular weight excluding hydrogens is 424 g/mol. The first-order chi connectivity index (χ1) is 15.3. The molecular formula is C24H27ClN6O. The van der Waals surface area contributed by atoms with Crippen LogP contribution in [-0.4, -0.2) is 30.5 Å². The molecule has 7 nitrogen and oxygen atoms in total. The molecule has 8 heteroatoms. The summed E-state index contributed by atoms with van der Waals surface area (Å²) in [6.45, 7) is 8.74. The largest absolute Gasteiger partial charge is 0.311 e. The Morgan fingerprint density at radius 1 is 1.16 bits per heavy atom. The first-order valence-corrected chi connectivity index (χ1v) is 11.1. The number of hydrogen-bond acceptors (Lipinski definition) is 4. The molecule has 4 aromatic rings. The third kappa shape index (κ3) is 4.39. The molecule has 1 N–H and O–H groups in total. The maximum Gasteiger partial charge on any atom is 0.225 e. The maximum atomic E-state index is 12.7. The second kappa shape index (κ2) is 9.12. The van der Waals surface area contributed by atoms with E-state index < -0.39 is 0 Å². The van der Waals surface area contributed by atoms with Gasteiger partial charge in [0.2, 0.25) is 5.91 Å². The van der Waals surface area contributed by atoms with Gasteiger partial charge < -0.3 is 5.32 Å². The lowest BCUT2D eigenvalue weighted by atomic mass is 10.0. The topological polar surface area (TPSA) is 77.6 Å². The van der Waals surface area contributed by atoms with Crippen molar-refractivity contribution >= 4 is 34.4 Å². The van der Waals surface area contributed by atoms with Crippen molar-refractivity contribution in [2.45, 2.75) is 53.1 Å². The predicted molar refractivity (Wildman–Crippen MR) is 127 cm³/mol. The number of hydrogen-bond donors (Lipinski definition) is 1. The fourth-order valence-corrected chi connectivity index (χ4v) is 4.13. The zero-order valence-corrected chi connectivity index (χ0v) is 19.5. The van der Waals surface area contributed by atoms with Crippen LogP contribution in [0, 0.1) is 13.8 Å². The first kappa shape index (κ1) is 22.0. The van der Waals surface area contributed by atoms with Crippen molar-refractivity contribution in [3.63, 3.8) is 0 Å². The molecule has 0 unspecified atom stereocenters. The zero-order chi connectivity index (χ0) is 22.8. The monoisotopic (exact) mass is 450 g/mol. The van der Waals surface area contributed by atoms with E-state index in [0.29, 0.717) is 30.2 Å². The van der Waals surface area contributed by atoms with Gasteiger partial charge in [-0.2, -0.15) is 10.2 Å². The summed E-state index contributed by atoms with van der Waals surface area (Å²) in [4.78, 5) is 17.5. The fraction of sp³-hybridized carbons (Fsp3) is 0.333. The van der Waals surface area contributed by atoms with Gasteiger partial charge >= 0.3 is 0 Å². The molecule has 4 rings (SSSR count). The minimum atomic E-state index is -0.0670. The third-order valence-electron chi connectivity index (χ3n) is 5.69. The second-order valence-corrected chi connectivity index (χ2v) is 8.64. The molecule has 0 radical (unpaired) electrons. The molecule has 0 saturated heterocycles. The standard InChI is InChI=1S/C24H27ClN6O/c1-15(2)31-24-20(13-27-31)16(3)19(17(4)28-24)9-10-23(32)29-22-11-12-26-30(22)14-18-7-5-6-8-21(18)25/h5-8,11-13,15H,9-10,14H2,1-4H3,(H,29,32). The Labute approximate surface area is 192 Å². The molecule has 0 saturated carbocycles. The number of carbonyl (C=O) groups is 1. The van der Waals surface area contributed by atoms with Crippen LogP contribution in [0.5, 0.6) is 0 Å². The van der Waals surface area contributed by atoms with Crippen LogP contribution in [0.25, 0.3) is 11.0 Å². The van der Waals surface area contributed by atoms with Crippen LogP contribution in [0.15, 0.2) is 42.7 Å². The van der Waals surface area contributed by atoms with Crippen molar-refractivity contribution in [1.29, 1.82) is 0 Å². The number of halogens is 1. The number of fused-ring (bicyclic) bond motifs is 1. The molecule has 0 spiro atoms. The minimum Gasteiger partial charge on any atom is -0.311 e. The van der Waals surface area contributed by atoms with Crippen molar-refractivity contribution < 1.29 is 4.79 Å². The van der Waals surface area contributed by atoms with Gasteiger partial charge in [0.15, 0.2) is 5.65 Å². The fourth-order valence-electron chi connectivity index (χ4n) is 3.93. The highest BCUT2D eigenvalue weighted by molar-refractivity contribution is 6.31. The lowest BCUT2D eigenvalue weighted by molar-refractivity contribution is -0.116. The van der Waals surface area contributed by atoms with Gasteiger partial charge in [-0.05, 0) is 56.9 Å². The molecule has 166 valence electrons. The number of nitrogens with one attached hydrogen (secondary N) is 1. The summed E-state index contributed by atoms with van der Waals surface area (Å²) < 4.78 is 3.68. The lowest BCUT2D eigenvalue weighted by Crippen LogP contribution is -2.17. The average Bonchev–Trinajstić information content (AvgIpc) is 3.36. The highest BCUT2D eigenvalue weighted by Crippen LogP contribution is 2.25. The van der Waals surface area contributed by atoms with E-state index in [1.807, 2.05) is 42.1 Å². The van der Waals surface area contributed by atoms with Crippen LogP contribution in [0.2, 0.25) is 5.02 Å². The molecule has 0 aliphatic rings. The van der Waals surface area contributed by atoms with Crippen LogP contribution in [0.4, 0.5) is 5.82 Å². The Morgan fingerprint density at radius 3 is 2.69 bits per heavy atom. The molecule has 0 atom stereocenters. The van der Waals surface area contributed by atoms with Gasteiger partial charge in [0.25, 0.3) is 0 Å². The normalized spacial score (nSPS) is 11.4. The van der Waals surface area contributed by atoms with Crippen molar-refractivity contribution in [3.05, 3.63) is 70.1 Å². The van der Waals surface area contributed by atoms with E-state index in [0.717, 1.165) is 33.4 Å². The number of pyridine rings is 1. The van der Waals surface area contributed by atoms with Gasteiger partial charge in [-0.3, -0.25) is 4.79 Å². The average molecular weight is 451 g/mol. The smallest absolute Gasteiger partial charge is 0.225 e. The summed E-state index contributed by atoms with van der Waals surface area (Å²) in [6, 6.07) is 9.65. The Bertz CT molecular complexity index is 1270. The van der Waals surface area contributed by atoms with E-state index in [1.54, 1.807) is 16.9 Å². The van der Waals surface area contributed by atoms with Crippen molar-refractivity contribution in [1.82, 2.24) is 24.5 Å². The molecule has 3 aromatic heterocycles. The number of aryl methyl sites for hydroxylation is 2. The van der Waals surface area contributed by atoms with Crippen molar-refractivity contribution in [2.75, 3.05) is 5.32 Å². The highest BCUT2D eigenvalue weighted by atomic mass is 35.5. The number of anilines is 1. The molecule has 0 fully saturated rings. The van der Waals surface area contributed by atoms with Crippen molar-refractivity contribution in [2.24, 2.45) is 0 Å². The van der Waals surface area contributed by atoms with E-state index in [-0.39, 0.29) is 11.9 Å². The Morgan fingerprint density at radius 2 is 1.94 bits per heavy atom. The van der Waals surface area contributed by atoms with Crippen LogP contribution < -0.4 is 5.32 Å². The van der Waals surface area contributed by atoms with Gasteiger partial charge in [0, 0.05) is 34.6 Å². The number of nitrogens with zero attached hydrogens (tertiary/aromatic N) is 5. The zero-order valence-electron chi connectivity index (χ0n) is 18.8. The van der Waals surface area contributed by atoms with Crippen LogP contribution in [-0.2, 0) is 17.8 Å². The van der Waals surface area contributed by atoms with E-state index >= 15 is 0 Å². The van der Waals surface area contributed by atoms with Gasteiger partial charge in [0.05, 0.1) is 18.9 Å². The summed E-state index contributed by atoms with van der Waals surface area (Å²) in [6.07, 6.45) is 4.50. The van der Waals surface area contributed by atoms with Crippen LogP contribution in [0.1, 0.15) is 48.7 Å². The molecule has 1 amide bonds. The summed E-state index contributed by atoms with van der Waals surface area (Å²) in [7, 11) is 0. The first-order valence-electron chi connectivity index (χ1n) is 10.7. The number of aromatic nitrogens is 5. The van der Waals surface area contributed by atoms with Crippen LogP contribution in [0.3, 0.4) is 0 Å². The molecule has 3 heterocycles.